The number of para-hydroxylation sites is 1. The molecule has 2 aromatic heterocycles. The van der Waals surface area contributed by atoms with E-state index < -0.39 is 0 Å². The first-order valence-electron chi connectivity index (χ1n) is 11.2. The van der Waals surface area contributed by atoms with E-state index in [0.717, 1.165) is 18.4 Å². The lowest BCUT2D eigenvalue weighted by Gasteiger charge is -2.34. The summed E-state index contributed by atoms with van der Waals surface area (Å²) in [6.45, 7) is 6.60. The number of nitrogens with zero attached hydrogens (tertiary/aromatic N) is 6. The number of amides is 2. The minimum atomic E-state index is -0.338. The van der Waals surface area contributed by atoms with E-state index in [1.54, 1.807) is 21.3 Å². The van der Waals surface area contributed by atoms with E-state index in [-0.39, 0.29) is 23.3 Å². The second-order valence-corrected chi connectivity index (χ2v) is 8.74. The molecule has 0 saturated carbocycles. The molecule has 33 heavy (non-hydrogen) atoms. The molecule has 0 radical (unpaired) electrons. The normalized spacial score (nSPS) is 14.2. The van der Waals surface area contributed by atoms with Crippen LogP contribution in [0.1, 0.15) is 26.7 Å². The number of benzene rings is 1. The van der Waals surface area contributed by atoms with E-state index in [9.17, 15) is 14.4 Å². The van der Waals surface area contributed by atoms with Gasteiger partial charge in [-0.2, -0.15) is 0 Å². The smallest absolute Gasteiger partial charge is 0.409 e. The SMILES string of the molecule is CCCCn1c(=O)c2ccccc2n2c(SCC(=O)N3CCN(C(=O)OCC)CC3)nnc12. The Morgan fingerprint density at radius 1 is 1.06 bits per heavy atom. The Kier molecular flexibility index (Phi) is 7.17. The van der Waals surface area contributed by atoms with Crippen molar-refractivity contribution in [1.29, 1.82) is 0 Å². The molecule has 3 heterocycles. The average molecular weight is 473 g/mol. The van der Waals surface area contributed by atoms with Crippen LogP contribution in [0.25, 0.3) is 16.7 Å². The predicted molar refractivity (Wildman–Crippen MR) is 126 cm³/mol. The number of ether oxygens (including phenoxy) is 1. The van der Waals surface area contributed by atoms with Gasteiger partial charge in [0.2, 0.25) is 11.7 Å². The summed E-state index contributed by atoms with van der Waals surface area (Å²) in [5.41, 5.74) is 0.652. The number of carbonyl (C=O) groups excluding carboxylic acids is 2. The number of rotatable bonds is 7. The Bertz CT molecular complexity index is 1210. The molecule has 176 valence electrons. The van der Waals surface area contributed by atoms with Crippen molar-refractivity contribution in [3.63, 3.8) is 0 Å². The number of aromatic nitrogens is 4. The Morgan fingerprint density at radius 2 is 1.79 bits per heavy atom. The number of unbranched alkanes of at least 4 members (excludes halogenated alkanes) is 1. The zero-order chi connectivity index (χ0) is 23.4. The van der Waals surface area contributed by atoms with E-state index in [1.165, 1.54) is 11.8 Å². The van der Waals surface area contributed by atoms with Gasteiger partial charge in [0.25, 0.3) is 5.56 Å². The van der Waals surface area contributed by atoms with Gasteiger partial charge in [0, 0.05) is 32.7 Å². The van der Waals surface area contributed by atoms with Gasteiger partial charge in [-0.25, -0.2) is 4.79 Å². The maximum Gasteiger partial charge on any atom is 0.409 e. The standard InChI is InChI=1S/C22H28N6O4S/c1-3-5-10-27-19(30)16-8-6-7-9-17(16)28-20(27)23-24-21(28)33-15-18(29)25-11-13-26(14-12-25)22(31)32-4-2/h6-9H,3-5,10-15H2,1-2H3. The predicted octanol–water partition coefficient (Wildman–Crippen LogP) is 2.24. The van der Waals surface area contributed by atoms with Gasteiger partial charge in [-0.15, -0.1) is 10.2 Å². The Labute approximate surface area is 195 Å². The lowest BCUT2D eigenvalue weighted by Crippen LogP contribution is -2.51. The molecule has 0 atom stereocenters. The zero-order valence-corrected chi connectivity index (χ0v) is 19.7. The van der Waals surface area contributed by atoms with Crippen molar-refractivity contribution in [3.05, 3.63) is 34.6 Å². The van der Waals surface area contributed by atoms with Crippen molar-refractivity contribution in [2.45, 2.75) is 38.4 Å². The summed E-state index contributed by atoms with van der Waals surface area (Å²) in [7, 11) is 0. The topological polar surface area (TPSA) is 102 Å². The molecule has 10 nitrogen and oxygen atoms in total. The van der Waals surface area contributed by atoms with Crippen molar-refractivity contribution in [2.24, 2.45) is 0 Å². The summed E-state index contributed by atoms with van der Waals surface area (Å²) in [6, 6.07) is 7.40. The fourth-order valence-electron chi connectivity index (χ4n) is 3.92. The minimum Gasteiger partial charge on any atom is -0.450 e. The molecule has 1 aliphatic rings. The summed E-state index contributed by atoms with van der Waals surface area (Å²) < 4.78 is 8.56. The Balaban J connectivity index is 1.52. The quantitative estimate of drug-likeness (QED) is 0.486. The first-order valence-corrected chi connectivity index (χ1v) is 12.2. The monoisotopic (exact) mass is 472 g/mol. The highest BCUT2D eigenvalue weighted by atomic mass is 32.2. The number of hydrogen-bond donors (Lipinski definition) is 0. The zero-order valence-electron chi connectivity index (χ0n) is 18.9. The van der Waals surface area contributed by atoms with Crippen molar-refractivity contribution >= 4 is 40.4 Å². The molecule has 0 bridgehead atoms. The molecule has 1 saturated heterocycles. The van der Waals surface area contributed by atoms with Crippen LogP contribution in [0.15, 0.2) is 34.2 Å². The van der Waals surface area contributed by atoms with E-state index in [2.05, 4.69) is 17.1 Å². The average Bonchev–Trinajstić information content (AvgIpc) is 3.27. The summed E-state index contributed by atoms with van der Waals surface area (Å²) in [5, 5.41) is 9.77. The molecule has 3 aromatic rings. The van der Waals surface area contributed by atoms with Crippen LogP contribution in [0.4, 0.5) is 4.79 Å². The number of thioether (sulfide) groups is 1. The molecule has 0 aliphatic carbocycles. The largest absolute Gasteiger partial charge is 0.450 e. The van der Waals surface area contributed by atoms with Crippen LogP contribution in [-0.2, 0) is 16.1 Å². The second kappa shape index (κ2) is 10.2. The van der Waals surface area contributed by atoms with Gasteiger partial charge in [0.05, 0.1) is 23.3 Å². The van der Waals surface area contributed by atoms with Gasteiger partial charge in [0.15, 0.2) is 5.16 Å². The number of piperazine rings is 1. The Morgan fingerprint density at radius 3 is 2.52 bits per heavy atom. The van der Waals surface area contributed by atoms with Crippen LogP contribution in [0.3, 0.4) is 0 Å². The summed E-state index contributed by atoms with van der Waals surface area (Å²) in [6.07, 6.45) is 1.48. The Hall–Kier alpha value is -3.08. The highest BCUT2D eigenvalue weighted by Gasteiger charge is 2.25. The van der Waals surface area contributed by atoms with Crippen LogP contribution in [0.2, 0.25) is 0 Å². The maximum atomic E-state index is 13.0. The van der Waals surface area contributed by atoms with Crippen LogP contribution in [-0.4, -0.2) is 79.5 Å². The first-order chi connectivity index (χ1) is 16.0. The van der Waals surface area contributed by atoms with Crippen LogP contribution >= 0.6 is 11.8 Å². The number of fused-ring (bicyclic) bond motifs is 3. The molecule has 1 aliphatic heterocycles. The van der Waals surface area contributed by atoms with E-state index in [1.807, 2.05) is 28.7 Å². The first kappa shape index (κ1) is 23.1. The molecule has 2 amide bonds. The van der Waals surface area contributed by atoms with Gasteiger partial charge in [-0.1, -0.05) is 37.2 Å². The number of hydrogen-bond acceptors (Lipinski definition) is 7. The van der Waals surface area contributed by atoms with Gasteiger partial charge >= 0.3 is 6.09 Å². The molecule has 11 heteroatoms. The fourth-order valence-corrected chi connectivity index (χ4v) is 4.76. The van der Waals surface area contributed by atoms with Crippen LogP contribution in [0, 0.1) is 0 Å². The van der Waals surface area contributed by atoms with Crippen molar-refractivity contribution in [3.8, 4) is 0 Å². The third-order valence-electron chi connectivity index (χ3n) is 5.70. The lowest BCUT2D eigenvalue weighted by atomic mass is 10.2. The lowest BCUT2D eigenvalue weighted by molar-refractivity contribution is -0.129. The summed E-state index contributed by atoms with van der Waals surface area (Å²) in [5.74, 6) is 0.664. The molecule has 1 aromatic carbocycles. The fraction of sp³-hybridized carbons (Fsp3) is 0.500. The van der Waals surface area contributed by atoms with Gasteiger partial charge < -0.3 is 14.5 Å². The van der Waals surface area contributed by atoms with Gasteiger partial charge in [-0.3, -0.25) is 18.6 Å². The minimum absolute atomic E-state index is 0.0242. The second-order valence-electron chi connectivity index (χ2n) is 7.80. The molecule has 0 spiro atoms. The number of aryl methyl sites for hydroxylation is 1. The van der Waals surface area contributed by atoms with Crippen LogP contribution in [0.5, 0.6) is 0 Å². The van der Waals surface area contributed by atoms with Gasteiger partial charge in [0.1, 0.15) is 0 Å². The molecule has 1 fully saturated rings. The summed E-state index contributed by atoms with van der Waals surface area (Å²) in [4.78, 5) is 41.1. The molecule has 4 rings (SSSR count). The molecule has 0 N–H and O–H groups in total. The summed E-state index contributed by atoms with van der Waals surface area (Å²) >= 11 is 1.30. The van der Waals surface area contributed by atoms with E-state index >= 15 is 0 Å². The van der Waals surface area contributed by atoms with E-state index in [4.69, 9.17) is 4.74 Å². The molecule has 0 unspecified atom stereocenters. The highest BCUT2D eigenvalue weighted by molar-refractivity contribution is 7.99. The molecular weight excluding hydrogens is 444 g/mol. The van der Waals surface area contributed by atoms with Crippen molar-refractivity contribution in [1.82, 2.24) is 29.0 Å². The van der Waals surface area contributed by atoms with Gasteiger partial charge in [-0.05, 0) is 25.5 Å². The third-order valence-corrected chi connectivity index (χ3v) is 6.61. The van der Waals surface area contributed by atoms with E-state index in [0.29, 0.717) is 55.7 Å². The van der Waals surface area contributed by atoms with Crippen molar-refractivity contribution in [2.75, 3.05) is 38.5 Å². The van der Waals surface area contributed by atoms with Crippen molar-refractivity contribution < 1.29 is 14.3 Å². The van der Waals surface area contributed by atoms with Crippen LogP contribution < -0.4 is 5.56 Å². The number of carbonyl (C=O) groups is 2. The highest BCUT2D eigenvalue weighted by Crippen LogP contribution is 2.22. The third kappa shape index (κ3) is 4.68. The maximum absolute atomic E-state index is 13.0. The molecular formula is C22H28N6O4S.